The van der Waals surface area contributed by atoms with Crippen LogP contribution in [0.1, 0.15) is 33.4 Å². The lowest BCUT2D eigenvalue weighted by Gasteiger charge is -2.32. The van der Waals surface area contributed by atoms with Crippen LogP contribution in [0.15, 0.2) is 206 Å². The number of benzene rings is 12. The van der Waals surface area contributed by atoms with Gasteiger partial charge in [-0.3, -0.25) is 0 Å². The van der Waals surface area contributed by atoms with Crippen molar-refractivity contribution in [1.82, 2.24) is 0 Å². The summed E-state index contributed by atoms with van der Waals surface area (Å²) in [6, 6.07) is 77.7. The largest absolute Gasteiger partial charge is 0.309 e. The maximum atomic E-state index is 2.52. The zero-order valence-corrected chi connectivity index (χ0v) is 44.0. The quantitative estimate of drug-likeness (QED) is 0.140. The molecule has 0 unspecified atom stereocenters. The Kier molecular flexibility index (Phi) is 10.3. The van der Waals surface area contributed by atoms with Crippen molar-refractivity contribution in [2.45, 2.75) is 41.5 Å². The molecular formula is C70H52N2S2. The zero-order chi connectivity index (χ0) is 49.9. The first-order valence-corrected chi connectivity index (χ1v) is 27.3. The van der Waals surface area contributed by atoms with Crippen molar-refractivity contribution in [2.24, 2.45) is 0 Å². The summed E-state index contributed by atoms with van der Waals surface area (Å²) in [5.41, 5.74) is 19.5. The molecular weight excluding hydrogens is 933 g/mol. The van der Waals surface area contributed by atoms with E-state index in [1.54, 1.807) is 0 Å². The Hall–Kier alpha value is -8.28. The Morgan fingerprint density at radius 3 is 1.08 bits per heavy atom. The van der Waals surface area contributed by atoms with Gasteiger partial charge in [-0.15, -0.1) is 22.7 Å². The Morgan fingerprint density at radius 1 is 0.311 bits per heavy atom. The molecule has 4 heteroatoms. The summed E-state index contributed by atoms with van der Waals surface area (Å²) in [5.74, 6) is 0. The van der Waals surface area contributed by atoms with Crippen molar-refractivity contribution in [1.29, 1.82) is 0 Å². The van der Waals surface area contributed by atoms with E-state index in [-0.39, 0.29) is 0 Å². The fraction of sp³-hybridized carbons (Fsp3) is 0.0857. The highest BCUT2D eigenvalue weighted by molar-refractivity contribution is 7.26. The van der Waals surface area contributed by atoms with Gasteiger partial charge in [0.25, 0.3) is 0 Å². The summed E-state index contributed by atoms with van der Waals surface area (Å²) in [6.07, 6.45) is 0. The summed E-state index contributed by atoms with van der Waals surface area (Å²) < 4.78 is 5.33. The number of thiophene rings is 2. The van der Waals surface area contributed by atoms with Crippen molar-refractivity contribution in [3.05, 3.63) is 240 Å². The summed E-state index contributed by atoms with van der Waals surface area (Å²) in [7, 11) is 0. The van der Waals surface area contributed by atoms with Gasteiger partial charge in [0.2, 0.25) is 0 Å². The van der Waals surface area contributed by atoms with E-state index in [1.165, 1.54) is 140 Å². The van der Waals surface area contributed by atoms with Crippen LogP contribution >= 0.6 is 22.7 Å². The molecule has 14 rings (SSSR count). The Bertz CT molecular complexity index is 4220. The molecule has 0 aliphatic heterocycles. The topological polar surface area (TPSA) is 6.48 Å². The minimum Gasteiger partial charge on any atom is -0.309 e. The number of anilines is 6. The number of rotatable bonds is 8. The van der Waals surface area contributed by atoms with Crippen LogP contribution in [0.3, 0.4) is 0 Å². The van der Waals surface area contributed by atoms with Gasteiger partial charge in [-0.2, -0.15) is 0 Å². The number of fused-ring (bicyclic) bond motifs is 6. The second-order valence-corrected chi connectivity index (χ2v) is 22.5. The van der Waals surface area contributed by atoms with Crippen LogP contribution in [0.4, 0.5) is 34.1 Å². The Morgan fingerprint density at radius 2 is 0.676 bits per heavy atom. The normalized spacial score (nSPS) is 11.9. The van der Waals surface area contributed by atoms with Crippen LogP contribution in [0.25, 0.3) is 94.9 Å². The number of aryl methyl sites for hydroxylation is 6. The molecule has 74 heavy (non-hydrogen) atoms. The van der Waals surface area contributed by atoms with E-state index in [9.17, 15) is 0 Å². The average molecular weight is 985 g/mol. The molecule has 0 aliphatic rings. The van der Waals surface area contributed by atoms with Crippen LogP contribution in [0, 0.1) is 41.5 Å². The van der Waals surface area contributed by atoms with Gasteiger partial charge < -0.3 is 9.80 Å². The molecule has 12 aromatic carbocycles. The molecule has 0 atom stereocenters. The molecule has 0 amide bonds. The van der Waals surface area contributed by atoms with Crippen molar-refractivity contribution in [3.8, 4) is 22.3 Å². The lowest BCUT2D eigenvalue weighted by Crippen LogP contribution is -2.14. The van der Waals surface area contributed by atoms with Gasteiger partial charge in [-0.25, -0.2) is 0 Å². The second-order valence-electron chi connectivity index (χ2n) is 20.4. The lowest BCUT2D eigenvalue weighted by atomic mass is 9.90. The monoisotopic (exact) mass is 984 g/mol. The number of hydrogen-bond acceptors (Lipinski definition) is 4. The first-order valence-electron chi connectivity index (χ1n) is 25.6. The van der Waals surface area contributed by atoms with Crippen molar-refractivity contribution < 1.29 is 0 Å². The van der Waals surface area contributed by atoms with Crippen molar-refractivity contribution >= 4 is 129 Å². The smallest absolute Gasteiger partial charge is 0.0540 e. The highest BCUT2D eigenvalue weighted by atomic mass is 32.1. The predicted octanol–water partition coefficient (Wildman–Crippen LogP) is 21.4. The van der Waals surface area contributed by atoms with Gasteiger partial charge in [-0.1, -0.05) is 145 Å². The molecule has 0 fully saturated rings. The standard InChI is InChI=1S/C70H52N2S2/c1-41-21-29-51(30-22-41)71(67-43(3)37-49(38-44(67)4)53-15-11-17-57-55-13-7-9-19-63(55)73-69(53)57)61-35-27-47-26-34-60-62(36-28-48-25-33-59(61)65(47)66(48)60)72(52-31-23-42(2)24-32-52)68-45(5)39-50(40-46(68)6)54-16-12-18-58-56-14-8-10-20-64(56)74-70(54)58/h7-40H,1-6H3. The van der Waals surface area contributed by atoms with Crippen molar-refractivity contribution in [2.75, 3.05) is 9.80 Å². The summed E-state index contributed by atoms with van der Waals surface area (Å²) >= 11 is 3.79. The van der Waals surface area contributed by atoms with Gasteiger partial charge >= 0.3 is 0 Å². The fourth-order valence-electron chi connectivity index (χ4n) is 12.2. The summed E-state index contributed by atoms with van der Waals surface area (Å²) in [4.78, 5) is 5.04. The van der Waals surface area contributed by atoms with Gasteiger partial charge in [0, 0.05) is 62.5 Å². The molecule has 14 aromatic rings. The van der Waals surface area contributed by atoms with E-state index in [0.29, 0.717) is 0 Å². The molecule has 354 valence electrons. The van der Waals surface area contributed by atoms with Crippen LogP contribution < -0.4 is 9.80 Å². The third-order valence-electron chi connectivity index (χ3n) is 15.5. The highest BCUT2D eigenvalue weighted by Crippen LogP contribution is 2.51. The molecule has 0 spiro atoms. The van der Waals surface area contributed by atoms with E-state index in [2.05, 4.69) is 258 Å². The summed E-state index contributed by atoms with van der Waals surface area (Å²) in [5, 5.41) is 12.8. The summed E-state index contributed by atoms with van der Waals surface area (Å²) in [6.45, 7) is 13.5. The van der Waals surface area contributed by atoms with Gasteiger partial charge in [-0.05, 0) is 180 Å². The van der Waals surface area contributed by atoms with Gasteiger partial charge in [0.15, 0.2) is 0 Å². The molecule has 2 aromatic heterocycles. The maximum Gasteiger partial charge on any atom is 0.0540 e. The average Bonchev–Trinajstić information content (AvgIpc) is 4.00. The number of hydrogen-bond donors (Lipinski definition) is 0. The molecule has 0 saturated heterocycles. The molecule has 2 nitrogen and oxygen atoms in total. The first-order chi connectivity index (χ1) is 36.2. The molecule has 2 heterocycles. The van der Waals surface area contributed by atoms with E-state index in [0.717, 1.165) is 22.7 Å². The Labute approximate surface area is 440 Å². The van der Waals surface area contributed by atoms with E-state index in [4.69, 9.17) is 0 Å². The third kappa shape index (κ3) is 6.96. The maximum absolute atomic E-state index is 2.52. The lowest BCUT2D eigenvalue weighted by molar-refractivity contribution is 1.22. The SMILES string of the molecule is Cc1ccc(N(c2c(C)cc(-c3cccc4c3sc3ccccc34)cc2C)c2ccc3ccc4c(N(c5ccc(C)cc5)c5c(C)cc(-c6cccc7c6sc6ccccc67)cc5C)ccc5ccc2c3c54)cc1. The first kappa shape index (κ1) is 44.4. The van der Waals surface area contributed by atoms with Crippen molar-refractivity contribution in [3.63, 3.8) is 0 Å². The molecule has 0 aliphatic carbocycles. The third-order valence-corrected chi connectivity index (χ3v) is 18.0. The second kappa shape index (κ2) is 17.2. The van der Waals surface area contributed by atoms with Gasteiger partial charge in [0.05, 0.1) is 22.7 Å². The van der Waals surface area contributed by atoms with E-state index < -0.39 is 0 Å². The zero-order valence-electron chi connectivity index (χ0n) is 42.3. The highest BCUT2D eigenvalue weighted by Gasteiger charge is 2.26. The van der Waals surface area contributed by atoms with E-state index >= 15 is 0 Å². The van der Waals surface area contributed by atoms with Crippen LogP contribution in [-0.2, 0) is 0 Å². The molecule has 0 N–H and O–H groups in total. The minimum absolute atomic E-state index is 1.14. The number of nitrogens with zero attached hydrogens (tertiary/aromatic N) is 2. The minimum atomic E-state index is 1.14. The van der Waals surface area contributed by atoms with Crippen LogP contribution in [-0.4, -0.2) is 0 Å². The fourth-order valence-corrected chi connectivity index (χ4v) is 14.7. The van der Waals surface area contributed by atoms with E-state index in [1.807, 2.05) is 22.7 Å². The molecule has 0 saturated carbocycles. The van der Waals surface area contributed by atoms with Crippen LogP contribution in [0.5, 0.6) is 0 Å². The van der Waals surface area contributed by atoms with Gasteiger partial charge in [0.1, 0.15) is 0 Å². The predicted molar refractivity (Wildman–Crippen MR) is 325 cm³/mol. The molecule has 0 radical (unpaired) electrons. The molecule has 0 bridgehead atoms. The Balaban J connectivity index is 0.948. The van der Waals surface area contributed by atoms with Crippen LogP contribution in [0.2, 0.25) is 0 Å².